The van der Waals surface area contributed by atoms with Gasteiger partial charge in [-0.3, -0.25) is 14.7 Å². The van der Waals surface area contributed by atoms with Gasteiger partial charge in [0.05, 0.1) is 12.2 Å². The Kier molecular flexibility index (Phi) is 9.10. The van der Waals surface area contributed by atoms with Crippen LogP contribution in [0.3, 0.4) is 0 Å². The van der Waals surface area contributed by atoms with Crippen molar-refractivity contribution in [3.05, 3.63) is 52.6 Å². The number of alkyl halides is 3. The maximum Gasteiger partial charge on any atom is 0.401 e. The third-order valence-electron chi connectivity index (χ3n) is 9.49. The number of hydrogen-bond donors (Lipinski definition) is 2. The fourth-order valence-electron chi connectivity index (χ4n) is 7.07. The summed E-state index contributed by atoms with van der Waals surface area (Å²) in [4.78, 5) is 15.1. The van der Waals surface area contributed by atoms with Crippen LogP contribution >= 0.6 is 0 Å². The molecule has 5 heterocycles. The number of fused-ring (bicyclic) bond motifs is 2. The normalized spacial score (nSPS) is 21.0. The molecule has 0 bridgehead atoms. The van der Waals surface area contributed by atoms with E-state index in [1.807, 2.05) is 0 Å². The minimum atomic E-state index is -4.21. The number of benzene rings is 1. The number of rotatable bonds is 8. The quantitative estimate of drug-likeness (QED) is 0.398. The first-order chi connectivity index (χ1) is 21.2. The monoisotopic (exact) mass is 609 g/mol. The molecule has 1 atom stereocenters. The summed E-state index contributed by atoms with van der Waals surface area (Å²) in [6.45, 7) is 11.6. The van der Waals surface area contributed by atoms with Crippen molar-refractivity contribution in [3.8, 4) is 6.07 Å². The second kappa shape index (κ2) is 13.0. The zero-order valence-electron chi connectivity index (χ0n) is 25.6. The van der Waals surface area contributed by atoms with E-state index in [1.165, 1.54) is 22.4 Å². The number of aryl methyl sites for hydroxylation is 1. The van der Waals surface area contributed by atoms with Crippen LogP contribution in [0.5, 0.6) is 0 Å². The fourth-order valence-corrected chi connectivity index (χ4v) is 7.07. The van der Waals surface area contributed by atoms with Gasteiger partial charge in [0.1, 0.15) is 23.9 Å². The highest BCUT2D eigenvalue weighted by Crippen LogP contribution is 2.29. The van der Waals surface area contributed by atoms with E-state index < -0.39 is 12.7 Å². The molecule has 9 nitrogen and oxygen atoms in total. The number of halogens is 3. The molecule has 0 saturated carbocycles. The van der Waals surface area contributed by atoms with Gasteiger partial charge in [0, 0.05) is 94.0 Å². The highest BCUT2D eigenvalue weighted by Gasteiger charge is 2.33. The summed E-state index contributed by atoms with van der Waals surface area (Å²) >= 11 is 0. The Morgan fingerprint density at radius 2 is 1.89 bits per heavy atom. The van der Waals surface area contributed by atoms with Crippen molar-refractivity contribution < 1.29 is 13.2 Å². The first-order valence-corrected chi connectivity index (χ1v) is 15.7. The first-order valence-electron chi connectivity index (χ1n) is 15.7. The van der Waals surface area contributed by atoms with Crippen LogP contribution in [0, 0.1) is 18.3 Å². The van der Waals surface area contributed by atoms with Gasteiger partial charge in [-0.25, -0.2) is 9.97 Å². The second-order valence-corrected chi connectivity index (χ2v) is 12.6. The molecular formula is C32H42F3N9. The topological polar surface area (TPSA) is 88.3 Å². The van der Waals surface area contributed by atoms with Crippen LogP contribution in [0.15, 0.2) is 24.5 Å². The van der Waals surface area contributed by atoms with Gasteiger partial charge in [-0.2, -0.15) is 18.4 Å². The van der Waals surface area contributed by atoms with Crippen molar-refractivity contribution in [2.75, 3.05) is 57.7 Å². The highest BCUT2D eigenvalue weighted by atomic mass is 19.4. The molecule has 3 aromatic rings. The molecule has 0 amide bonds. The predicted molar refractivity (Wildman–Crippen MR) is 164 cm³/mol. The molecule has 3 aliphatic rings. The molecule has 0 radical (unpaired) electrons. The Hall–Kier alpha value is -3.24. The lowest BCUT2D eigenvalue weighted by Crippen LogP contribution is -2.49. The average Bonchev–Trinajstić information content (AvgIpc) is 3.36. The Bertz CT molecular complexity index is 1500. The molecule has 0 spiro atoms. The van der Waals surface area contributed by atoms with E-state index in [4.69, 9.17) is 0 Å². The molecule has 2 aromatic heterocycles. The van der Waals surface area contributed by atoms with Crippen molar-refractivity contribution in [2.24, 2.45) is 0 Å². The minimum Gasteiger partial charge on any atom is -0.367 e. The summed E-state index contributed by atoms with van der Waals surface area (Å²) in [5.41, 5.74) is 6.01. The number of nitriles is 1. The number of hydrogen-bond acceptors (Lipinski definition) is 8. The molecule has 1 aromatic carbocycles. The molecule has 44 heavy (non-hydrogen) atoms. The zero-order valence-corrected chi connectivity index (χ0v) is 25.6. The summed E-state index contributed by atoms with van der Waals surface area (Å²) in [5, 5.41) is 18.1. The number of anilines is 1. The van der Waals surface area contributed by atoms with Crippen LogP contribution in [0.4, 0.5) is 19.0 Å². The number of nitrogens with zero attached hydrogens (tertiary/aromatic N) is 7. The third kappa shape index (κ3) is 7.01. The second-order valence-electron chi connectivity index (χ2n) is 12.6. The molecule has 3 aliphatic heterocycles. The van der Waals surface area contributed by atoms with E-state index in [0.717, 1.165) is 93.2 Å². The Balaban J connectivity index is 1.06. The molecule has 0 aliphatic carbocycles. The van der Waals surface area contributed by atoms with Crippen molar-refractivity contribution in [1.82, 2.24) is 34.6 Å². The molecule has 236 valence electrons. The molecular weight excluding hydrogens is 567 g/mol. The summed E-state index contributed by atoms with van der Waals surface area (Å²) < 4.78 is 40.8. The van der Waals surface area contributed by atoms with Crippen molar-refractivity contribution >= 4 is 16.7 Å². The van der Waals surface area contributed by atoms with E-state index in [-0.39, 0.29) is 12.6 Å². The van der Waals surface area contributed by atoms with Crippen LogP contribution in [0.25, 0.3) is 10.9 Å². The Morgan fingerprint density at radius 3 is 2.64 bits per heavy atom. The molecule has 2 N–H and O–H groups in total. The van der Waals surface area contributed by atoms with Crippen LogP contribution < -0.4 is 10.6 Å². The standard InChI is InChI=1S/C32H42F3N9/c1-22-17-42(12-8-37-22)13-14-44-26(16-36)15-28-23(2)24(3-4-30(28)44)18-41-9-5-25(6-10-41)40-31-27-7-11-43(20-32(33,34)35)19-29(27)38-21-39-31/h3-4,15,21-22,25,37H,5-14,17-20H2,1-2H3,(H,38,39,40). The van der Waals surface area contributed by atoms with Gasteiger partial charge in [-0.1, -0.05) is 6.07 Å². The average molecular weight is 610 g/mol. The predicted octanol–water partition coefficient (Wildman–Crippen LogP) is 3.90. The highest BCUT2D eigenvalue weighted by molar-refractivity contribution is 5.86. The lowest BCUT2D eigenvalue weighted by molar-refractivity contribution is -0.147. The lowest BCUT2D eigenvalue weighted by Gasteiger charge is -2.34. The number of piperidine rings is 1. The van der Waals surface area contributed by atoms with E-state index in [2.05, 4.69) is 73.1 Å². The molecule has 2 fully saturated rings. The number of nitrogens with one attached hydrogen (secondary N) is 2. The maximum absolute atomic E-state index is 12.9. The van der Waals surface area contributed by atoms with Gasteiger partial charge in [0.2, 0.25) is 0 Å². The van der Waals surface area contributed by atoms with E-state index >= 15 is 0 Å². The lowest BCUT2D eigenvalue weighted by atomic mass is 10.00. The van der Waals surface area contributed by atoms with Crippen LogP contribution in [-0.4, -0.2) is 99.9 Å². The number of piperazine rings is 1. The zero-order chi connectivity index (χ0) is 30.8. The molecule has 2 saturated heterocycles. The van der Waals surface area contributed by atoms with Crippen molar-refractivity contribution in [2.45, 2.75) is 71.0 Å². The van der Waals surface area contributed by atoms with Gasteiger partial charge in [0.25, 0.3) is 0 Å². The van der Waals surface area contributed by atoms with Gasteiger partial charge in [-0.05, 0) is 56.4 Å². The van der Waals surface area contributed by atoms with Gasteiger partial charge >= 0.3 is 6.18 Å². The largest absolute Gasteiger partial charge is 0.401 e. The smallest absolute Gasteiger partial charge is 0.367 e. The van der Waals surface area contributed by atoms with Crippen molar-refractivity contribution in [3.63, 3.8) is 0 Å². The Morgan fingerprint density at radius 1 is 1.07 bits per heavy atom. The SMILES string of the molecule is Cc1c(CN2CCC(Nc3ncnc4c3CCN(CC(F)(F)F)C4)CC2)ccc2c1cc(C#N)n2CCN1CCNC(C)C1. The van der Waals surface area contributed by atoms with E-state index in [1.54, 1.807) is 0 Å². The Labute approximate surface area is 257 Å². The fraction of sp³-hybridized carbons (Fsp3) is 0.594. The number of aromatic nitrogens is 3. The van der Waals surface area contributed by atoms with E-state index in [0.29, 0.717) is 24.7 Å². The first kappa shape index (κ1) is 30.8. The minimum absolute atomic E-state index is 0.197. The van der Waals surface area contributed by atoms with Gasteiger partial charge in [-0.15, -0.1) is 0 Å². The molecule has 6 rings (SSSR count). The summed E-state index contributed by atoms with van der Waals surface area (Å²) in [6.07, 6.45) is -0.319. The van der Waals surface area contributed by atoms with Crippen LogP contribution in [-0.2, 0) is 26.1 Å². The van der Waals surface area contributed by atoms with Crippen LogP contribution in [0.2, 0.25) is 0 Å². The van der Waals surface area contributed by atoms with Gasteiger partial charge in [0.15, 0.2) is 0 Å². The van der Waals surface area contributed by atoms with E-state index in [9.17, 15) is 18.4 Å². The summed E-state index contributed by atoms with van der Waals surface area (Å²) in [5.74, 6) is 0.769. The van der Waals surface area contributed by atoms with Crippen LogP contribution in [0.1, 0.15) is 47.8 Å². The molecule has 1 unspecified atom stereocenters. The van der Waals surface area contributed by atoms with Gasteiger partial charge < -0.3 is 15.2 Å². The third-order valence-corrected chi connectivity index (χ3v) is 9.49. The summed E-state index contributed by atoms with van der Waals surface area (Å²) in [7, 11) is 0. The maximum atomic E-state index is 12.9. The number of likely N-dealkylation sites (tertiary alicyclic amines) is 1. The van der Waals surface area contributed by atoms with Crippen molar-refractivity contribution in [1.29, 1.82) is 5.26 Å². The summed E-state index contributed by atoms with van der Waals surface area (Å²) in [6, 6.07) is 9.63. The molecule has 12 heteroatoms.